The lowest BCUT2D eigenvalue weighted by Gasteiger charge is -2.40. The second-order valence-electron chi connectivity index (χ2n) is 12.9. The summed E-state index contributed by atoms with van der Waals surface area (Å²) in [6, 6.07) is 28.9. The van der Waals surface area contributed by atoms with Crippen LogP contribution in [0, 0.1) is 5.92 Å². The number of esters is 1. The molecular weight excluding hydrogens is 570 g/mol. The van der Waals surface area contributed by atoms with Crippen molar-refractivity contribution in [3.8, 4) is 0 Å². The number of methoxy groups -OCH3 is 1. The molecule has 45 heavy (non-hydrogen) atoms. The second kappa shape index (κ2) is 15.6. The van der Waals surface area contributed by atoms with Crippen LogP contribution in [0.1, 0.15) is 64.7 Å². The minimum absolute atomic E-state index is 0.120. The van der Waals surface area contributed by atoms with E-state index in [0.717, 1.165) is 16.7 Å². The predicted molar refractivity (Wildman–Crippen MR) is 175 cm³/mol. The number of benzene rings is 3. The first-order valence-electron chi connectivity index (χ1n) is 15.2. The van der Waals surface area contributed by atoms with Crippen LogP contribution in [0.5, 0.6) is 0 Å². The monoisotopic (exact) mass is 617 g/mol. The molecule has 9 heteroatoms. The van der Waals surface area contributed by atoms with E-state index in [1.807, 2.05) is 91.0 Å². The van der Waals surface area contributed by atoms with Crippen molar-refractivity contribution in [2.24, 2.45) is 5.92 Å². The van der Waals surface area contributed by atoms with Gasteiger partial charge in [0.15, 0.2) is 0 Å². The summed E-state index contributed by atoms with van der Waals surface area (Å²) < 4.78 is 16.2. The van der Waals surface area contributed by atoms with Crippen LogP contribution in [0.4, 0.5) is 9.59 Å². The lowest BCUT2D eigenvalue weighted by atomic mass is 9.76. The summed E-state index contributed by atoms with van der Waals surface area (Å²) in [5.41, 5.74) is 0.436. The summed E-state index contributed by atoms with van der Waals surface area (Å²) >= 11 is 0. The Hall–Kier alpha value is -4.37. The van der Waals surface area contributed by atoms with Crippen molar-refractivity contribution in [1.82, 2.24) is 16.0 Å². The molecule has 3 aromatic rings. The third-order valence-electron chi connectivity index (χ3n) is 6.93. The molecule has 0 heterocycles. The molecule has 3 rings (SSSR count). The molecule has 242 valence electrons. The molecule has 0 radical (unpaired) electrons. The molecule has 3 aromatic carbocycles. The van der Waals surface area contributed by atoms with E-state index in [4.69, 9.17) is 14.2 Å². The van der Waals surface area contributed by atoms with Gasteiger partial charge in [-0.15, -0.1) is 0 Å². The summed E-state index contributed by atoms with van der Waals surface area (Å²) in [4.78, 5) is 38.8. The van der Waals surface area contributed by atoms with Crippen molar-refractivity contribution < 1.29 is 28.6 Å². The van der Waals surface area contributed by atoms with E-state index >= 15 is 0 Å². The van der Waals surface area contributed by atoms with Gasteiger partial charge in [0.05, 0.1) is 12.6 Å². The van der Waals surface area contributed by atoms with Crippen LogP contribution < -0.4 is 16.0 Å². The maximum atomic E-state index is 13.6. The molecule has 3 N–H and O–H groups in total. The van der Waals surface area contributed by atoms with E-state index in [9.17, 15) is 14.4 Å². The van der Waals surface area contributed by atoms with Crippen LogP contribution in [0.3, 0.4) is 0 Å². The molecule has 0 aliphatic heterocycles. The quantitative estimate of drug-likeness (QED) is 0.127. The maximum Gasteiger partial charge on any atom is 0.407 e. The van der Waals surface area contributed by atoms with Gasteiger partial charge in [-0.25, -0.2) is 9.59 Å². The highest BCUT2D eigenvalue weighted by Crippen LogP contribution is 2.38. The Kier molecular flexibility index (Phi) is 12.1. The zero-order valence-corrected chi connectivity index (χ0v) is 27.4. The zero-order valence-electron chi connectivity index (χ0n) is 27.4. The number of ether oxygens (including phenoxy) is 3. The van der Waals surface area contributed by atoms with E-state index in [2.05, 4.69) is 16.0 Å². The lowest BCUT2D eigenvalue weighted by molar-refractivity contribution is -0.144. The molecule has 2 amide bonds. The Morgan fingerprint density at radius 2 is 0.978 bits per heavy atom. The van der Waals surface area contributed by atoms with E-state index in [1.54, 1.807) is 41.5 Å². The van der Waals surface area contributed by atoms with Gasteiger partial charge in [0.25, 0.3) is 0 Å². The zero-order chi connectivity index (χ0) is 33.1. The molecule has 0 spiro atoms. The number of hydrogen-bond acceptors (Lipinski definition) is 7. The highest BCUT2D eigenvalue weighted by Gasteiger charge is 2.41. The standard InChI is InChI=1S/C36H47N3O6/c1-34(2,3)44-32(41)37-24-26(25-38-33(42)45-35(4,5)6)23-30(31(40)43-7)39-36(27-17-11-8-12-18-27,28-19-13-9-14-20-28)29-21-15-10-16-22-29/h8-22,26,30,39H,23-25H2,1-7H3,(H,37,41)(H,38,42)/t30-/m0/s1. The third kappa shape index (κ3) is 10.6. The Balaban J connectivity index is 2.04. The van der Waals surface area contributed by atoms with Crippen molar-refractivity contribution in [1.29, 1.82) is 0 Å². The van der Waals surface area contributed by atoms with Gasteiger partial charge in [-0.1, -0.05) is 91.0 Å². The Bertz CT molecular complexity index is 1240. The van der Waals surface area contributed by atoms with Crippen molar-refractivity contribution in [2.75, 3.05) is 20.2 Å². The van der Waals surface area contributed by atoms with Crippen molar-refractivity contribution >= 4 is 18.2 Å². The van der Waals surface area contributed by atoms with Crippen LogP contribution >= 0.6 is 0 Å². The number of carbonyl (C=O) groups is 3. The normalized spacial score (nSPS) is 12.6. The van der Waals surface area contributed by atoms with E-state index < -0.39 is 46.9 Å². The summed E-state index contributed by atoms with van der Waals surface area (Å²) in [5, 5.41) is 9.28. The number of rotatable bonds is 12. The number of hydrogen-bond donors (Lipinski definition) is 3. The molecule has 9 nitrogen and oxygen atoms in total. The summed E-state index contributed by atoms with van der Waals surface area (Å²) in [6.45, 7) is 10.9. The Morgan fingerprint density at radius 1 is 0.622 bits per heavy atom. The smallest absolute Gasteiger partial charge is 0.407 e. The fraction of sp³-hybridized carbons (Fsp3) is 0.417. The number of alkyl carbamates (subject to hydrolysis) is 2. The minimum Gasteiger partial charge on any atom is -0.468 e. The topological polar surface area (TPSA) is 115 Å². The molecular formula is C36H47N3O6. The second-order valence-corrected chi connectivity index (χ2v) is 12.9. The van der Waals surface area contributed by atoms with Crippen LogP contribution in [-0.4, -0.2) is 55.6 Å². The molecule has 0 saturated heterocycles. The largest absolute Gasteiger partial charge is 0.468 e. The third-order valence-corrected chi connectivity index (χ3v) is 6.93. The molecule has 0 saturated carbocycles. The first-order chi connectivity index (χ1) is 21.2. The summed E-state index contributed by atoms with van der Waals surface area (Å²) in [6.07, 6.45) is -0.994. The molecule has 0 aromatic heterocycles. The van der Waals surface area contributed by atoms with Crippen molar-refractivity contribution in [2.45, 2.75) is 70.7 Å². The van der Waals surface area contributed by atoms with Crippen molar-refractivity contribution in [3.05, 3.63) is 108 Å². The van der Waals surface area contributed by atoms with Crippen LogP contribution in [0.25, 0.3) is 0 Å². The van der Waals surface area contributed by atoms with Crippen LogP contribution in [0.2, 0.25) is 0 Å². The van der Waals surface area contributed by atoms with E-state index in [1.165, 1.54) is 7.11 Å². The fourth-order valence-corrected chi connectivity index (χ4v) is 5.09. The first kappa shape index (κ1) is 35.1. The van der Waals surface area contributed by atoms with E-state index in [0.29, 0.717) is 0 Å². The highest BCUT2D eigenvalue weighted by molar-refractivity contribution is 5.76. The van der Waals surface area contributed by atoms with Gasteiger partial charge in [-0.3, -0.25) is 10.1 Å². The van der Waals surface area contributed by atoms with Crippen molar-refractivity contribution in [3.63, 3.8) is 0 Å². The molecule has 0 unspecified atom stereocenters. The molecule has 0 aliphatic rings. The van der Waals surface area contributed by atoms with Gasteiger partial charge >= 0.3 is 18.2 Å². The molecule has 0 bridgehead atoms. The fourth-order valence-electron chi connectivity index (χ4n) is 5.09. The van der Waals surface area contributed by atoms with Gasteiger partial charge in [0.1, 0.15) is 17.2 Å². The van der Waals surface area contributed by atoms with Gasteiger partial charge in [-0.05, 0) is 70.6 Å². The average molecular weight is 618 g/mol. The van der Waals surface area contributed by atoms with Crippen LogP contribution in [-0.2, 0) is 24.5 Å². The Morgan fingerprint density at radius 3 is 1.29 bits per heavy atom. The van der Waals surface area contributed by atoms with Crippen LogP contribution in [0.15, 0.2) is 91.0 Å². The molecule has 0 aliphatic carbocycles. The number of amides is 2. The van der Waals surface area contributed by atoms with Gasteiger partial charge in [-0.2, -0.15) is 0 Å². The average Bonchev–Trinajstić information content (AvgIpc) is 2.99. The summed E-state index contributed by atoms with van der Waals surface area (Å²) in [7, 11) is 1.35. The minimum atomic E-state index is -0.954. The van der Waals surface area contributed by atoms with Gasteiger partial charge in [0, 0.05) is 13.1 Å². The van der Waals surface area contributed by atoms with E-state index in [-0.39, 0.29) is 19.5 Å². The molecule has 0 fully saturated rings. The van der Waals surface area contributed by atoms with Gasteiger partial charge < -0.3 is 24.8 Å². The highest BCUT2D eigenvalue weighted by atomic mass is 16.6. The number of nitrogens with one attached hydrogen (secondary N) is 3. The summed E-state index contributed by atoms with van der Waals surface area (Å²) in [5.74, 6) is -0.900. The lowest BCUT2D eigenvalue weighted by Crippen LogP contribution is -2.54. The Labute approximate surface area is 267 Å². The predicted octanol–water partition coefficient (Wildman–Crippen LogP) is 6.17. The van der Waals surface area contributed by atoms with Gasteiger partial charge in [0.2, 0.25) is 0 Å². The number of carbonyl (C=O) groups excluding carboxylic acids is 3. The SMILES string of the molecule is COC(=O)[C@H](CC(CNC(=O)OC(C)(C)C)CNC(=O)OC(C)(C)C)NC(c1ccccc1)(c1ccccc1)c1ccccc1. The maximum absolute atomic E-state index is 13.6. The first-order valence-corrected chi connectivity index (χ1v) is 15.2. The molecule has 1 atom stereocenters.